The Bertz CT molecular complexity index is 397. The first-order chi connectivity index (χ1) is 8.72. The second-order valence-electron chi connectivity index (χ2n) is 3.69. The molecule has 3 nitrogen and oxygen atoms in total. The average Bonchev–Trinajstić information content (AvgIpc) is 2.34. The Labute approximate surface area is 126 Å². The molecule has 1 N–H and O–H groups in total. The van der Waals surface area contributed by atoms with Gasteiger partial charge in [0.2, 0.25) is 0 Å². The molecule has 1 rings (SSSR count). The smallest absolute Gasteiger partial charge is 0.179 e. The summed E-state index contributed by atoms with van der Waals surface area (Å²) in [6.45, 7) is 10.1. The lowest BCUT2D eigenvalue weighted by atomic mass is 10.2. The van der Waals surface area contributed by atoms with Crippen LogP contribution in [-0.2, 0) is 6.54 Å². The quantitative estimate of drug-likeness (QED) is 0.585. The predicted molar refractivity (Wildman–Crippen MR) is 82.9 cm³/mol. The number of ether oxygens (including phenoxy) is 2. The van der Waals surface area contributed by atoms with Gasteiger partial charge in [-0.1, -0.05) is 17.7 Å². The molecule has 0 saturated carbocycles. The maximum absolute atomic E-state index is 6.21. The summed E-state index contributed by atoms with van der Waals surface area (Å²) in [4.78, 5) is 0. The Morgan fingerprint density at radius 3 is 2.53 bits per heavy atom. The molecule has 0 heterocycles. The molecular weight excluding hydrogens is 285 g/mol. The van der Waals surface area contributed by atoms with E-state index in [-0.39, 0.29) is 12.4 Å². The van der Waals surface area contributed by atoms with Gasteiger partial charge < -0.3 is 14.8 Å². The Morgan fingerprint density at radius 1 is 1.26 bits per heavy atom. The van der Waals surface area contributed by atoms with Crippen LogP contribution in [-0.4, -0.2) is 19.8 Å². The molecule has 0 aliphatic carbocycles. The highest BCUT2D eigenvalue weighted by atomic mass is 35.5. The average molecular weight is 306 g/mol. The van der Waals surface area contributed by atoms with Crippen LogP contribution in [0.1, 0.15) is 19.4 Å². The van der Waals surface area contributed by atoms with Crippen molar-refractivity contribution in [3.8, 4) is 11.5 Å². The number of hydrogen-bond donors (Lipinski definition) is 1. The van der Waals surface area contributed by atoms with Gasteiger partial charge in [0.1, 0.15) is 0 Å². The van der Waals surface area contributed by atoms with Crippen molar-refractivity contribution in [2.45, 2.75) is 20.4 Å². The Hall–Kier alpha value is -0.900. The van der Waals surface area contributed by atoms with E-state index >= 15 is 0 Å². The van der Waals surface area contributed by atoms with Gasteiger partial charge in [-0.15, -0.1) is 19.0 Å². The van der Waals surface area contributed by atoms with Crippen LogP contribution in [0.25, 0.3) is 0 Å². The molecular formula is C14H21Cl2NO2. The molecule has 1 aromatic carbocycles. The number of halogens is 2. The fourth-order valence-electron chi connectivity index (χ4n) is 1.59. The third-order valence-electron chi connectivity index (χ3n) is 2.28. The van der Waals surface area contributed by atoms with E-state index in [1.54, 1.807) is 0 Å². The van der Waals surface area contributed by atoms with Crippen LogP contribution in [0.5, 0.6) is 11.5 Å². The lowest BCUT2D eigenvalue weighted by Gasteiger charge is -2.14. The van der Waals surface area contributed by atoms with Crippen molar-refractivity contribution >= 4 is 24.0 Å². The standard InChI is InChI=1S/C14H20ClNO2.ClH/c1-4-7-16-10-11-8-12(15)14(18-6-3)13(9-11)17-5-2;/h4,8-9,16H,1,5-7,10H2,2-3H3;1H. The molecule has 0 spiro atoms. The highest BCUT2D eigenvalue weighted by Crippen LogP contribution is 2.36. The maximum atomic E-state index is 6.21. The van der Waals surface area contributed by atoms with Gasteiger partial charge in [-0.05, 0) is 31.5 Å². The van der Waals surface area contributed by atoms with Gasteiger partial charge in [0, 0.05) is 13.1 Å². The molecule has 0 aliphatic rings. The van der Waals surface area contributed by atoms with Crippen molar-refractivity contribution in [2.24, 2.45) is 0 Å². The normalized spacial score (nSPS) is 9.63. The molecule has 0 aliphatic heterocycles. The zero-order valence-corrected chi connectivity index (χ0v) is 12.9. The van der Waals surface area contributed by atoms with E-state index in [2.05, 4.69) is 11.9 Å². The van der Waals surface area contributed by atoms with Gasteiger partial charge in [0.15, 0.2) is 11.5 Å². The van der Waals surface area contributed by atoms with Gasteiger partial charge in [0.05, 0.1) is 18.2 Å². The Balaban J connectivity index is 0.00000324. The van der Waals surface area contributed by atoms with Crippen molar-refractivity contribution in [3.05, 3.63) is 35.4 Å². The van der Waals surface area contributed by atoms with Gasteiger partial charge in [-0.3, -0.25) is 0 Å². The summed E-state index contributed by atoms with van der Waals surface area (Å²) in [5, 5.41) is 3.81. The fourth-order valence-corrected chi connectivity index (χ4v) is 1.88. The van der Waals surface area contributed by atoms with Crippen molar-refractivity contribution in [1.82, 2.24) is 5.32 Å². The number of benzene rings is 1. The van der Waals surface area contributed by atoms with E-state index in [9.17, 15) is 0 Å². The fraction of sp³-hybridized carbons (Fsp3) is 0.429. The van der Waals surface area contributed by atoms with E-state index in [1.807, 2.05) is 32.1 Å². The van der Waals surface area contributed by atoms with Crippen LogP contribution in [0.3, 0.4) is 0 Å². The molecule has 19 heavy (non-hydrogen) atoms. The molecule has 108 valence electrons. The van der Waals surface area contributed by atoms with Gasteiger partial charge in [-0.25, -0.2) is 0 Å². The van der Waals surface area contributed by atoms with Crippen LogP contribution in [0, 0.1) is 0 Å². The van der Waals surface area contributed by atoms with Crippen LogP contribution in [0.2, 0.25) is 5.02 Å². The van der Waals surface area contributed by atoms with Crippen molar-refractivity contribution < 1.29 is 9.47 Å². The largest absolute Gasteiger partial charge is 0.490 e. The Kier molecular flexibility index (Phi) is 9.48. The third kappa shape index (κ3) is 5.72. The molecule has 0 amide bonds. The van der Waals surface area contributed by atoms with E-state index in [4.69, 9.17) is 21.1 Å². The van der Waals surface area contributed by atoms with Gasteiger partial charge in [-0.2, -0.15) is 0 Å². The first kappa shape index (κ1) is 18.1. The molecule has 0 bridgehead atoms. The van der Waals surface area contributed by atoms with E-state index in [1.165, 1.54) is 0 Å². The second-order valence-corrected chi connectivity index (χ2v) is 4.10. The van der Waals surface area contributed by atoms with E-state index < -0.39 is 0 Å². The summed E-state index contributed by atoms with van der Waals surface area (Å²) >= 11 is 6.21. The lowest BCUT2D eigenvalue weighted by molar-refractivity contribution is 0.287. The minimum atomic E-state index is 0. The van der Waals surface area contributed by atoms with Crippen molar-refractivity contribution in [3.63, 3.8) is 0 Å². The SMILES string of the molecule is C=CCNCc1cc(Cl)c(OCC)c(OCC)c1.Cl. The van der Waals surface area contributed by atoms with Crippen LogP contribution >= 0.6 is 24.0 Å². The number of rotatable bonds is 8. The molecule has 1 aromatic rings. The van der Waals surface area contributed by atoms with Gasteiger partial charge >= 0.3 is 0 Å². The van der Waals surface area contributed by atoms with Crippen LogP contribution in [0.4, 0.5) is 0 Å². The topological polar surface area (TPSA) is 30.5 Å². The summed E-state index contributed by atoms with van der Waals surface area (Å²) in [6.07, 6.45) is 1.82. The molecule has 0 fully saturated rings. The van der Waals surface area contributed by atoms with E-state index in [0.717, 1.165) is 18.7 Å². The van der Waals surface area contributed by atoms with Crippen LogP contribution in [0.15, 0.2) is 24.8 Å². The molecule has 0 saturated heterocycles. The highest BCUT2D eigenvalue weighted by molar-refractivity contribution is 6.32. The first-order valence-corrected chi connectivity index (χ1v) is 6.50. The summed E-state index contributed by atoms with van der Waals surface area (Å²) in [7, 11) is 0. The summed E-state index contributed by atoms with van der Waals surface area (Å²) in [5.74, 6) is 1.32. The minimum Gasteiger partial charge on any atom is -0.490 e. The molecule has 0 radical (unpaired) electrons. The summed E-state index contributed by atoms with van der Waals surface area (Å²) in [5.41, 5.74) is 1.06. The minimum absolute atomic E-state index is 0. The molecule has 5 heteroatoms. The van der Waals surface area contributed by atoms with Crippen molar-refractivity contribution in [2.75, 3.05) is 19.8 Å². The van der Waals surface area contributed by atoms with Crippen LogP contribution < -0.4 is 14.8 Å². The number of nitrogens with one attached hydrogen (secondary N) is 1. The lowest BCUT2D eigenvalue weighted by Crippen LogP contribution is -2.13. The zero-order chi connectivity index (χ0) is 13.4. The second kappa shape index (κ2) is 9.96. The molecule has 0 aromatic heterocycles. The zero-order valence-electron chi connectivity index (χ0n) is 11.4. The predicted octanol–water partition coefficient (Wildman–Crippen LogP) is 3.83. The number of hydrogen-bond acceptors (Lipinski definition) is 3. The first-order valence-electron chi connectivity index (χ1n) is 6.12. The molecule has 0 atom stereocenters. The Morgan fingerprint density at radius 2 is 1.95 bits per heavy atom. The summed E-state index contributed by atoms with van der Waals surface area (Å²) < 4.78 is 11.1. The van der Waals surface area contributed by atoms with E-state index in [0.29, 0.717) is 29.7 Å². The monoisotopic (exact) mass is 305 g/mol. The van der Waals surface area contributed by atoms with Gasteiger partial charge in [0.25, 0.3) is 0 Å². The molecule has 0 unspecified atom stereocenters. The third-order valence-corrected chi connectivity index (χ3v) is 2.56. The van der Waals surface area contributed by atoms with Crippen molar-refractivity contribution in [1.29, 1.82) is 0 Å². The summed E-state index contributed by atoms with van der Waals surface area (Å²) in [6, 6.07) is 3.85. The highest BCUT2D eigenvalue weighted by Gasteiger charge is 2.11. The maximum Gasteiger partial charge on any atom is 0.179 e.